The number of ether oxygens (including phenoxy) is 1. The van der Waals surface area contributed by atoms with Crippen molar-refractivity contribution in [1.82, 2.24) is 0 Å². The highest BCUT2D eigenvalue weighted by atomic mass is 35.5. The first-order chi connectivity index (χ1) is 12.1. The molecule has 0 heterocycles. The predicted molar refractivity (Wildman–Crippen MR) is 99.3 cm³/mol. The lowest BCUT2D eigenvalue weighted by Crippen LogP contribution is -3.00. The van der Waals surface area contributed by atoms with E-state index in [4.69, 9.17) is 33.2 Å². The standard InChI is InChI=1S/C18H19Cl2N3O2.ClH/c19-16-2-1-3-17(20)18(16)23-9-8-22-11-14(24)12-25-15-6-4-13(10-21)5-7-15;/h1-7,14,22-24H,8-9,11-12H2;1H. The van der Waals surface area contributed by atoms with E-state index >= 15 is 0 Å². The quantitative estimate of drug-likeness (QED) is 0.472. The molecule has 2 aromatic carbocycles. The fraction of sp³-hybridized carbons (Fsp3) is 0.278. The molecule has 0 saturated carbocycles. The molecule has 0 radical (unpaired) electrons. The van der Waals surface area contributed by atoms with Gasteiger partial charge in [-0.15, -0.1) is 0 Å². The Balaban J connectivity index is 0.00000338. The first-order valence-corrected chi connectivity index (χ1v) is 8.66. The zero-order valence-corrected chi connectivity index (χ0v) is 16.2. The van der Waals surface area contributed by atoms with Crippen molar-refractivity contribution >= 4 is 28.9 Å². The number of benzene rings is 2. The van der Waals surface area contributed by atoms with E-state index in [-0.39, 0.29) is 19.0 Å². The van der Waals surface area contributed by atoms with Crippen molar-refractivity contribution < 1.29 is 27.6 Å². The smallest absolute Gasteiger partial charge is 0.137 e. The van der Waals surface area contributed by atoms with Crippen molar-refractivity contribution in [3.05, 3.63) is 58.1 Å². The molecule has 0 bridgehead atoms. The molecule has 0 aromatic heterocycles. The molecule has 2 aromatic rings. The maximum Gasteiger partial charge on any atom is 0.137 e. The van der Waals surface area contributed by atoms with Crippen LogP contribution < -0.4 is 27.8 Å². The summed E-state index contributed by atoms with van der Waals surface area (Å²) in [7, 11) is 0. The Morgan fingerprint density at radius 3 is 2.42 bits per heavy atom. The van der Waals surface area contributed by atoms with Crippen LogP contribution in [0.3, 0.4) is 0 Å². The molecule has 0 aliphatic heterocycles. The molecular formula is C18H20Cl3N3O2. The van der Waals surface area contributed by atoms with Crippen LogP contribution in [0.25, 0.3) is 0 Å². The van der Waals surface area contributed by atoms with Crippen molar-refractivity contribution in [2.45, 2.75) is 6.10 Å². The van der Waals surface area contributed by atoms with Gasteiger partial charge in [0, 0.05) is 0 Å². The van der Waals surface area contributed by atoms with Gasteiger partial charge in [0.1, 0.15) is 25.0 Å². The van der Waals surface area contributed by atoms with E-state index in [1.807, 2.05) is 11.4 Å². The van der Waals surface area contributed by atoms with Gasteiger partial charge in [0.15, 0.2) is 0 Å². The molecule has 4 N–H and O–H groups in total. The molecule has 0 amide bonds. The number of hydrogen-bond acceptors (Lipinski definition) is 4. The zero-order valence-electron chi connectivity index (χ0n) is 14.0. The Labute approximate surface area is 169 Å². The Hall–Kier alpha value is -1.68. The molecule has 5 nitrogen and oxygen atoms in total. The number of para-hydroxylation sites is 1. The maximum atomic E-state index is 9.94. The Morgan fingerprint density at radius 2 is 1.81 bits per heavy atom. The number of nitriles is 1. The highest BCUT2D eigenvalue weighted by Gasteiger charge is 2.08. The lowest BCUT2D eigenvalue weighted by molar-refractivity contribution is -0.658. The molecule has 0 spiro atoms. The molecule has 26 heavy (non-hydrogen) atoms. The molecule has 0 aliphatic carbocycles. The van der Waals surface area contributed by atoms with E-state index in [9.17, 15) is 5.11 Å². The molecule has 0 fully saturated rings. The van der Waals surface area contributed by atoms with Crippen molar-refractivity contribution in [3.8, 4) is 11.8 Å². The van der Waals surface area contributed by atoms with Gasteiger partial charge in [0.2, 0.25) is 0 Å². The normalized spacial score (nSPS) is 11.2. The number of nitrogens with zero attached hydrogens (tertiary/aromatic N) is 1. The molecule has 140 valence electrons. The Morgan fingerprint density at radius 1 is 1.15 bits per heavy atom. The van der Waals surface area contributed by atoms with Crippen molar-refractivity contribution in [2.75, 3.05) is 31.6 Å². The Bertz CT molecular complexity index is 700. The lowest BCUT2D eigenvalue weighted by Gasteiger charge is -2.12. The van der Waals surface area contributed by atoms with Gasteiger partial charge in [0.05, 0.1) is 40.5 Å². The minimum atomic E-state index is -0.584. The van der Waals surface area contributed by atoms with Gasteiger partial charge in [-0.2, -0.15) is 5.26 Å². The van der Waals surface area contributed by atoms with Crippen LogP contribution in [0.5, 0.6) is 5.75 Å². The van der Waals surface area contributed by atoms with Crippen LogP contribution in [0.4, 0.5) is 5.69 Å². The first kappa shape index (κ1) is 22.4. The summed E-state index contributed by atoms with van der Waals surface area (Å²) in [6.07, 6.45) is -0.584. The number of nitrogens with two attached hydrogens (primary N) is 1. The van der Waals surface area contributed by atoms with Crippen LogP contribution in [0.1, 0.15) is 5.56 Å². The molecule has 0 saturated heterocycles. The van der Waals surface area contributed by atoms with E-state index < -0.39 is 6.10 Å². The van der Waals surface area contributed by atoms with Crippen molar-refractivity contribution in [1.29, 1.82) is 5.26 Å². The average Bonchev–Trinajstić information content (AvgIpc) is 2.62. The minimum Gasteiger partial charge on any atom is -1.00 e. The van der Waals surface area contributed by atoms with Crippen LogP contribution in [0, 0.1) is 11.3 Å². The van der Waals surface area contributed by atoms with Crippen LogP contribution in [-0.2, 0) is 0 Å². The van der Waals surface area contributed by atoms with Gasteiger partial charge < -0.3 is 32.9 Å². The molecule has 8 heteroatoms. The molecule has 1 atom stereocenters. The second-order valence-electron chi connectivity index (χ2n) is 5.44. The number of rotatable bonds is 9. The third-order valence-electron chi connectivity index (χ3n) is 3.48. The fourth-order valence-electron chi connectivity index (χ4n) is 2.16. The fourth-order valence-corrected chi connectivity index (χ4v) is 2.69. The van der Waals surface area contributed by atoms with Gasteiger partial charge in [0.25, 0.3) is 0 Å². The van der Waals surface area contributed by atoms with Crippen molar-refractivity contribution in [2.24, 2.45) is 0 Å². The van der Waals surface area contributed by atoms with Gasteiger partial charge in [-0.05, 0) is 36.4 Å². The van der Waals surface area contributed by atoms with E-state index in [0.717, 1.165) is 12.2 Å². The summed E-state index contributed by atoms with van der Waals surface area (Å²) < 4.78 is 5.50. The van der Waals surface area contributed by atoms with E-state index in [2.05, 4.69) is 5.32 Å². The highest BCUT2D eigenvalue weighted by molar-refractivity contribution is 6.39. The minimum absolute atomic E-state index is 0. The number of anilines is 1. The summed E-state index contributed by atoms with van der Waals surface area (Å²) in [4.78, 5) is 0. The summed E-state index contributed by atoms with van der Waals surface area (Å²) >= 11 is 12.2. The summed E-state index contributed by atoms with van der Waals surface area (Å²) in [5.41, 5.74) is 1.30. The second-order valence-corrected chi connectivity index (χ2v) is 6.25. The van der Waals surface area contributed by atoms with Crippen molar-refractivity contribution in [3.63, 3.8) is 0 Å². The maximum absolute atomic E-state index is 9.94. The largest absolute Gasteiger partial charge is 1.00 e. The number of hydrogen-bond donors (Lipinski definition) is 3. The molecule has 0 aliphatic rings. The third kappa shape index (κ3) is 7.28. The predicted octanol–water partition coefficient (Wildman–Crippen LogP) is -0.716. The van der Waals surface area contributed by atoms with Crippen LogP contribution >= 0.6 is 23.2 Å². The number of nitrogens with one attached hydrogen (secondary N) is 1. The van der Waals surface area contributed by atoms with Gasteiger partial charge in [-0.1, -0.05) is 29.3 Å². The third-order valence-corrected chi connectivity index (χ3v) is 4.11. The zero-order chi connectivity index (χ0) is 18.1. The summed E-state index contributed by atoms with van der Waals surface area (Å²) in [5.74, 6) is 0.632. The molecule has 1 unspecified atom stereocenters. The monoisotopic (exact) mass is 415 g/mol. The summed E-state index contributed by atoms with van der Waals surface area (Å²) in [5, 5.41) is 25.0. The topological polar surface area (TPSA) is 81.9 Å². The summed E-state index contributed by atoms with van der Waals surface area (Å²) in [6.45, 7) is 2.16. The SMILES string of the molecule is N#Cc1ccc(OCC(O)C[NH2+]CCNc2c(Cl)cccc2Cl)cc1.[Cl-]. The van der Waals surface area contributed by atoms with Crippen LogP contribution in [0.15, 0.2) is 42.5 Å². The first-order valence-electron chi connectivity index (χ1n) is 7.90. The second kappa shape index (κ2) is 11.8. The number of aliphatic hydroxyl groups excluding tert-OH is 1. The number of quaternary nitrogens is 1. The van der Waals surface area contributed by atoms with E-state index in [1.54, 1.807) is 42.5 Å². The van der Waals surface area contributed by atoms with E-state index in [0.29, 0.717) is 34.4 Å². The van der Waals surface area contributed by atoms with Gasteiger partial charge in [-0.25, -0.2) is 0 Å². The average molecular weight is 417 g/mol. The lowest BCUT2D eigenvalue weighted by atomic mass is 10.2. The number of halogens is 3. The highest BCUT2D eigenvalue weighted by Crippen LogP contribution is 2.29. The summed E-state index contributed by atoms with van der Waals surface area (Å²) in [6, 6.07) is 14.2. The van der Waals surface area contributed by atoms with Gasteiger partial charge >= 0.3 is 0 Å². The molecular weight excluding hydrogens is 397 g/mol. The number of aliphatic hydroxyl groups is 1. The molecule has 2 rings (SSSR count). The Kier molecular flexibility index (Phi) is 10.2. The van der Waals surface area contributed by atoms with E-state index in [1.165, 1.54) is 0 Å². The van der Waals surface area contributed by atoms with Crippen LogP contribution in [0.2, 0.25) is 10.0 Å². The van der Waals surface area contributed by atoms with Crippen LogP contribution in [-0.4, -0.2) is 37.5 Å². The van der Waals surface area contributed by atoms with Gasteiger partial charge in [-0.3, -0.25) is 0 Å².